The average Bonchev–Trinajstić information content (AvgIpc) is 3.47. The van der Waals surface area contributed by atoms with Crippen LogP contribution in [0, 0.1) is 6.92 Å². The molecular weight excluding hydrogens is 464 g/mol. The van der Waals surface area contributed by atoms with E-state index < -0.39 is 5.92 Å². The molecule has 1 atom stereocenters. The summed E-state index contributed by atoms with van der Waals surface area (Å²) >= 11 is 0. The van der Waals surface area contributed by atoms with Crippen LogP contribution in [0.15, 0.2) is 89.5 Å². The van der Waals surface area contributed by atoms with E-state index in [9.17, 15) is 4.79 Å². The van der Waals surface area contributed by atoms with Crippen molar-refractivity contribution in [2.75, 3.05) is 13.7 Å². The van der Waals surface area contributed by atoms with Gasteiger partial charge >= 0.3 is 5.97 Å². The van der Waals surface area contributed by atoms with Crippen LogP contribution < -0.4 is 4.74 Å². The number of rotatable bonds is 9. The zero-order valence-corrected chi connectivity index (χ0v) is 21.3. The summed E-state index contributed by atoms with van der Waals surface area (Å²) in [5, 5.41) is 1.07. The third-order valence-electron chi connectivity index (χ3n) is 6.67. The Balaban J connectivity index is 1.24. The maximum absolute atomic E-state index is 12.8. The number of ether oxygens (including phenoxy) is 2. The van der Waals surface area contributed by atoms with E-state index in [4.69, 9.17) is 13.9 Å². The first-order chi connectivity index (χ1) is 18.0. The van der Waals surface area contributed by atoms with Gasteiger partial charge in [0.25, 0.3) is 0 Å². The Labute approximate surface area is 216 Å². The predicted molar refractivity (Wildman–Crippen MR) is 144 cm³/mol. The van der Waals surface area contributed by atoms with Gasteiger partial charge in [0.05, 0.1) is 25.3 Å². The van der Waals surface area contributed by atoms with Crippen LogP contribution in [-0.4, -0.2) is 29.2 Å². The van der Waals surface area contributed by atoms with Crippen molar-refractivity contribution >= 4 is 16.9 Å². The molecule has 0 fully saturated rings. The number of hydrogen-bond donors (Lipinski definition) is 0. The molecule has 0 bridgehead atoms. The SMILES string of the molecule is COC(=O)C(Cc1ccc(OCCc2nc(-c3ccccc3)oc2C)cc1)c1cn(C)c2ccccc12. The van der Waals surface area contributed by atoms with Gasteiger partial charge in [-0.25, -0.2) is 4.98 Å². The fourth-order valence-corrected chi connectivity index (χ4v) is 4.70. The summed E-state index contributed by atoms with van der Waals surface area (Å²) < 4.78 is 19.0. The minimum absolute atomic E-state index is 0.241. The molecule has 3 aromatic carbocycles. The summed E-state index contributed by atoms with van der Waals surface area (Å²) in [7, 11) is 3.44. The van der Waals surface area contributed by atoms with E-state index in [2.05, 4.69) is 21.7 Å². The van der Waals surface area contributed by atoms with E-state index in [1.807, 2.05) is 86.9 Å². The third-order valence-corrected chi connectivity index (χ3v) is 6.67. The number of esters is 1. The minimum atomic E-state index is -0.392. The fraction of sp³-hybridized carbons (Fsp3) is 0.226. The number of hydrogen-bond acceptors (Lipinski definition) is 5. The second-order valence-electron chi connectivity index (χ2n) is 9.12. The molecule has 0 radical (unpaired) electrons. The summed E-state index contributed by atoms with van der Waals surface area (Å²) in [5.41, 5.74) is 4.96. The third kappa shape index (κ3) is 5.28. The number of oxazole rings is 1. The van der Waals surface area contributed by atoms with E-state index in [1.165, 1.54) is 7.11 Å². The minimum Gasteiger partial charge on any atom is -0.493 e. The van der Waals surface area contributed by atoms with Crippen molar-refractivity contribution in [3.8, 4) is 17.2 Å². The van der Waals surface area contributed by atoms with Gasteiger partial charge in [0.1, 0.15) is 11.5 Å². The molecule has 0 spiro atoms. The molecule has 0 saturated heterocycles. The van der Waals surface area contributed by atoms with Gasteiger partial charge in [-0.3, -0.25) is 4.79 Å². The first-order valence-corrected chi connectivity index (χ1v) is 12.4. The Morgan fingerprint density at radius 2 is 1.73 bits per heavy atom. The number of methoxy groups -OCH3 is 1. The van der Waals surface area contributed by atoms with E-state index in [-0.39, 0.29) is 5.97 Å². The van der Waals surface area contributed by atoms with Crippen molar-refractivity contribution in [2.45, 2.75) is 25.7 Å². The standard InChI is InChI=1S/C31H30N2O4/c1-21-28(32-30(37-21)23-9-5-4-6-10-23)17-18-36-24-15-13-22(14-16-24)19-26(31(34)35-3)27-20-33(2)29-12-8-7-11-25(27)29/h4-16,20,26H,17-19H2,1-3H3. The molecule has 1 unspecified atom stereocenters. The number of carbonyl (C=O) groups is 1. The second kappa shape index (κ2) is 10.7. The van der Waals surface area contributed by atoms with Crippen molar-refractivity contribution in [1.29, 1.82) is 0 Å². The quantitative estimate of drug-likeness (QED) is 0.226. The number of benzene rings is 3. The lowest BCUT2D eigenvalue weighted by Crippen LogP contribution is -2.16. The monoisotopic (exact) mass is 494 g/mol. The van der Waals surface area contributed by atoms with Crippen molar-refractivity contribution in [3.05, 3.63) is 108 Å². The van der Waals surface area contributed by atoms with Crippen LogP contribution in [0.5, 0.6) is 5.75 Å². The molecule has 5 aromatic rings. The number of para-hydroxylation sites is 1. The summed E-state index contributed by atoms with van der Waals surface area (Å²) in [6.45, 7) is 2.42. The molecule has 188 valence electrons. The molecule has 0 aliphatic heterocycles. The van der Waals surface area contributed by atoms with Crippen LogP contribution >= 0.6 is 0 Å². The lowest BCUT2D eigenvalue weighted by atomic mass is 9.91. The second-order valence-corrected chi connectivity index (χ2v) is 9.12. The molecule has 6 heteroatoms. The normalized spacial score (nSPS) is 12.0. The first-order valence-electron chi connectivity index (χ1n) is 12.4. The first kappa shape index (κ1) is 24.4. The zero-order valence-electron chi connectivity index (χ0n) is 21.3. The van der Waals surface area contributed by atoms with E-state index in [1.54, 1.807) is 0 Å². The molecule has 2 heterocycles. The summed E-state index contributed by atoms with van der Waals surface area (Å²) in [6, 6.07) is 25.9. The summed E-state index contributed by atoms with van der Waals surface area (Å²) in [4.78, 5) is 17.4. The van der Waals surface area contributed by atoms with Crippen molar-refractivity contribution in [1.82, 2.24) is 9.55 Å². The molecule has 2 aromatic heterocycles. The molecule has 0 saturated carbocycles. The fourth-order valence-electron chi connectivity index (χ4n) is 4.70. The van der Waals surface area contributed by atoms with Crippen LogP contribution in [0.1, 0.15) is 28.5 Å². The lowest BCUT2D eigenvalue weighted by molar-refractivity contribution is -0.142. The Morgan fingerprint density at radius 3 is 2.49 bits per heavy atom. The predicted octanol–water partition coefficient (Wildman–Crippen LogP) is 6.26. The number of nitrogens with zero attached hydrogens (tertiary/aromatic N) is 2. The molecular formula is C31H30N2O4. The van der Waals surface area contributed by atoms with Gasteiger partial charge in [-0.05, 0) is 54.8 Å². The van der Waals surface area contributed by atoms with Gasteiger partial charge in [0.2, 0.25) is 5.89 Å². The van der Waals surface area contributed by atoms with Crippen molar-refractivity contribution in [2.24, 2.45) is 7.05 Å². The van der Waals surface area contributed by atoms with Gasteiger partial charge < -0.3 is 18.5 Å². The number of carbonyl (C=O) groups excluding carboxylic acids is 1. The highest BCUT2D eigenvalue weighted by Gasteiger charge is 2.25. The van der Waals surface area contributed by atoms with Gasteiger partial charge in [-0.1, -0.05) is 48.5 Å². The molecule has 0 N–H and O–H groups in total. The Morgan fingerprint density at radius 1 is 1.00 bits per heavy atom. The summed E-state index contributed by atoms with van der Waals surface area (Å²) in [6.07, 6.45) is 3.22. The largest absolute Gasteiger partial charge is 0.493 e. The van der Waals surface area contributed by atoms with Gasteiger partial charge in [0, 0.05) is 36.1 Å². The smallest absolute Gasteiger partial charge is 0.313 e. The van der Waals surface area contributed by atoms with Gasteiger partial charge in [0.15, 0.2) is 0 Å². The van der Waals surface area contributed by atoms with Crippen LogP contribution in [0.3, 0.4) is 0 Å². The Kier molecular flexibility index (Phi) is 7.08. The molecule has 5 rings (SSSR count). The van der Waals surface area contributed by atoms with E-state index in [0.29, 0.717) is 25.3 Å². The summed E-state index contributed by atoms with van der Waals surface area (Å²) in [5.74, 6) is 1.57. The van der Waals surface area contributed by atoms with Crippen molar-refractivity contribution in [3.63, 3.8) is 0 Å². The van der Waals surface area contributed by atoms with Crippen LogP contribution in [-0.2, 0) is 29.4 Å². The molecule has 0 amide bonds. The molecule has 6 nitrogen and oxygen atoms in total. The van der Waals surface area contributed by atoms with Crippen LogP contribution in [0.2, 0.25) is 0 Å². The van der Waals surface area contributed by atoms with Gasteiger partial charge in [-0.15, -0.1) is 0 Å². The maximum atomic E-state index is 12.8. The zero-order chi connectivity index (χ0) is 25.8. The van der Waals surface area contributed by atoms with Crippen LogP contribution in [0.25, 0.3) is 22.4 Å². The highest BCUT2D eigenvalue weighted by atomic mass is 16.5. The topological polar surface area (TPSA) is 66.5 Å². The lowest BCUT2D eigenvalue weighted by Gasteiger charge is -2.15. The maximum Gasteiger partial charge on any atom is 0.313 e. The van der Waals surface area contributed by atoms with Crippen LogP contribution in [0.4, 0.5) is 0 Å². The number of aromatic nitrogens is 2. The highest BCUT2D eigenvalue weighted by molar-refractivity contribution is 5.90. The molecule has 37 heavy (non-hydrogen) atoms. The van der Waals surface area contributed by atoms with Gasteiger partial charge in [-0.2, -0.15) is 0 Å². The van der Waals surface area contributed by atoms with E-state index in [0.717, 1.165) is 44.8 Å². The highest BCUT2D eigenvalue weighted by Crippen LogP contribution is 2.31. The molecule has 0 aliphatic carbocycles. The number of aryl methyl sites for hydroxylation is 2. The van der Waals surface area contributed by atoms with E-state index >= 15 is 0 Å². The van der Waals surface area contributed by atoms with Crippen molar-refractivity contribution < 1.29 is 18.7 Å². The average molecular weight is 495 g/mol. The molecule has 0 aliphatic rings. The Hall–Kier alpha value is -4.32. The number of fused-ring (bicyclic) bond motifs is 1. The Bertz CT molecular complexity index is 1500.